The largest absolute Gasteiger partial charge is 0.356 e. The maximum absolute atomic E-state index is 12.8. The van der Waals surface area contributed by atoms with E-state index in [0.29, 0.717) is 31.7 Å². The molecule has 1 fully saturated rings. The summed E-state index contributed by atoms with van der Waals surface area (Å²) < 4.78 is 0. The summed E-state index contributed by atoms with van der Waals surface area (Å²) >= 11 is 0. The second kappa shape index (κ2) is 11.6. The zero-order valence-corrected chi connectivity index (χ0v) is 15.8. The van der Waals surface area contributed by atoms with Gasteiger partial charge < -0.3 is 15.1 Å². The minimum Gasteiger partial charge on any atom is -0.356 e. The Morgan fingerprint density at radius 1 is 1.19 bits per heavy atom. The van der Waals surface area contributed by atoms with Gasteiger partial charge in [-0.25, -0.2) is 4.98 Å². The van der Waals surface area contributed by atoms with E-state index >= 15 is 0 Å². The molecule has 0 aromatic carbocycles. The summed E-state index contributed by atoms with van der Waals surface area (Å²) in [5.74, 6) is -0.162. The number of carbonyl (C=O) groups excluding carboxylic acids is 2. The van der Waals surface area contributed by atoms with Crippen molar-refractivity contribution in [1.29, 1.82) is 0 Å². The quantitative estimate of drug-likeness (QED) is 0.642. The Balaban J connectivity index is 1.89. The van der Waals surface area contributed by atoms with Gasteiger partial charge in [-0.2, -0.15) is 0 Å². The van der Waals surface area contributed by atoms with Gasteiger partial charge in [-0.1, -0.05) is 19.8 Å². The van der Waals surface area contributed by atoms with Crippen LogP contribution in [0.2, 0.25) is 0 Å². The van der Waals surface area contributed by atoms with E-state index in [4.69, 9.17) is 0 Å². The first-order valence-corrected chi connectivity index (χ1v) is 9.75. The second-order valence-electron chi connectivity index (χ2n) is 6.74. The van der Waals surface area contributed by atoms with Crippen LogP contribution < -0.4 is 5.32 Å². The average molecular weight is 361 g/mol. The van der Waals surface area contributed by atoms with Crippen LogP contribution >= 0.6 is 0 Å². The van der Waals surface area contributed by atoms with Crippen molar-refractivity contribution in [3.8, 4) is 0 Å². The van der Waals surface area contributed by atoms with Crippen molar-refractivity contribution in [2.45, 2.75) is 45.4 Å². The van der Waals surface area contributed by atoms with Crippen molar-refractivity contribution in [3.05, 3.63) is 24.3 Å². The van der Waals surface area contributed by atoms with Gasteiger partial charge >= 0.3 is 0 Å². The van der Waals surface area contributed by atoms with Gasteiger partial charge in [-0.15, -0.1) is 0 Å². The number of unbranched alkanes of at least 4 members (excludes halogenated alkanes) is 1. The number of hydrogen-bond donors (Lipinski definition) is 1. The Kier molecular flexibility index (Phi) is 9.03. The lowest BCUT2D eigenvalue weighted by atomic mass is 10.1. The highest BCUT2D eigenvalue weighted by Gasteiger charge is 2.20. The van der Waals surface area contributed by atoms with Crippen LogP contribution in [0.15, 0.2) is 18.6 Å². The van der Waals surface area contributed by atoms with Crippen LogP contribution in [0.1, 0.15) is 55.9 Å². The van der Waals surface area contributed by atoms with Gasteiger partial charge in [0.05, 0.1) is 6.20 Å². The van der Waals surface area contributed by atoms with Crippen LogP contribution in [0.5, 0.6) is 0 Å². The summed E-state index contributed by atoms with van der Waals surface area (Å²) in [7, 11) is 0. The second-order valence-corrected chi connectivity index (χ2v) is 6.74. The molecule has 1 saturated heterocycles. The molecule has 7 heteroatoms. The average Bonchev–Trinajstić information content (AvgIpc) is 2.69. The number of amides is 2. The number of piperidine rings is 1. The molecular weight excluding hydrogens is 330 g/mol. The van der Waals surface area contributed by atoms with E-state index in [2.05, 4.69) is 27.1 Å². The van der Waals surface area contributed by atoms with Crippen LogP contribution in [0.4, 0.5) is 0 Å². The molecule has 144 valence electrons. The lowest BCUT2D eigenvalue weighted by Gasteiger charge is -2.30. The van der Waals surface area contributed by atoms with Crippen molar-refractivity contribution < 1.29 is 9.59 Å². The molecule has 1 N–H and O–H groups in total. The number of rotatable bonds is 10. The smallest absolute Gasteiger partial charge is 0.274 e. The summed E-state index contributed by atoms with van der Waals surface area (Å²) in [5.41, 5.74) is 0.331. The Bertz CT molecular complexity index is 546. The first-order valence-electron chi connectivity index (χ1n) is 9.75. The predicted molar refractivity (Wildman–Crippen MR) is 101 cm³/mol. The molecule has 0 atom stereocenters. The molecule has 0 bridgehead atoms. The molecule has 1 aliphatic heterocycles. The van der Waals surface area contributed by atoms with Crippen LogP contribution in [-0.4, -0.2) is 70.9 Å². The van der Waals surface area contributed by atoms with Crippen LogP contribution in [0, 0.1) is 0 Å². The summed E-state index contributed by atoms with van der Waals surface area (Å²) in [4.78, 5) is 37.0. The number of carbonyl (C=O) groups is 2. The Hall–Kier alpha value is -2.02. The third-order valence-electron chi connectivity index (χ3n) is 4.67. The normalized spacial score (nSPS) is 14.8. The molecule has 1 aromatic heterocycles. The van der Waals surface area contributed by atoms with E-state index in [-0.39, 0.29) is 11.8 Å². The zero-order chi connectivity index (χ0) is 18.6. The minimum atomic E-state index is -0.156. The molecule has 0 aliphatic carbocycles. The fourth-order valence-electron chi connectivity index (χ4n) is 3.06. The van der Waals surface area contributed by atoms with E-state index in [1.54, 1.807) is 11.1 Å². The highest BCUT2D eigenvalue weighted by atomic mass is 16.2. The SMILES string of the molecule is CCCCNC(=O)CCN(CCN1CCCCC1)C(=O)c1cnccn1. The van der Waals surface area contributed by atoms with E-state index in [1.165, 1.54) is 31.7 Å². The molecule has 0 spiro atoms. The van der Waals surface area contributed by atoms with Crippen LogP contribution in [0.25, 0.3) is 0 Å². The molecule has 1 aromatic rings. The minimum absolute atomic E-state index is 0.00614. The van der Waals surface area contributed by atoms with Crippen molar-refractivity contribution in [2.24, 2.45) is 0 Å². The van der Waals surface area contributed by atoms with Crippen LogP contribution in [0.3, 0.4) is 0 Å². The van der Waals surface area contributed by atoms with Crippen molar-refractivity contribution in [2.75, 3.05) is 39.3 Å². The molecule has 0 saturated carbocycles. The van der Waals surface area contributed by atoms with Crippen molar-refractivity contribution in [1.82, 2.24) is 25.1 Å². The fourth-order valence-corrected chi connectivity index (χ4v) is 3.06. The Morgan fingerprint density at radius 3 is 2.69 bits per heavy atom. The van der Waals surface area contributed by atoms with Gasteiger partial charge in [0, 0.05) is 45.0 Å². The number of nitrogens with one attached hydrogen (secondary N) is 1. The summed E-state index contributed by atoms with van der Waals surface area (Å²) in [6.07, 6.45) is 10.6. The van der Waals surface area contributed by atoms with Gasteiger partial charge in [-0.3, -0.25) is 14.6 Å². The first-order chi connectivity index (χ1) is 12.7. The number of nitrogens with zero attached hydrogens (tertiary/aromatic N) is 4. The van der Waals surface area contributed by atoms with E-state index in [1.807, 2.05) is 0 Å². The number of aromatic nitrogens is 2. The monoisotopic (exact) mass is 361 g/mol. The Labute approximate surface area is 156 Å². The molecular formula is C19H31N5O2. The maximum Gasteiger partial charge on any atom is 0.274 e. The van der Waals surface area contributed by atoms with Crippen molar-refractivity contribution in [3.63, 3.8) is 0 Å². The highest BCUT2D eigenvalue weighted by Crippen LogP contribution is 2.09. The number of likely N-dealkylation sites (tertiary alicyclic amines) is 1. The molecule has 1 aliphatic rings. The molecule has 26 heavy (non-hydrogen) atoms. The summed E-state index contributed by atoms with van der Waals surface area (Å²) in [5, 5.41) is 2.91. The third kappa shape index (κ3) is 7.07. The van der Waals surface area contributed by atoms with Gasteiger partial charge in [-0.05, 0) is 32.4 Å². The topological polar surface area (TPSA) is 78.4 Å². The molecule has 7 nitrogen and oxygen atoms in total. The first kappa shape index (κ1) is 20.3. The molecule has 2 rings (SSSR count). The standard InChI is InChI=1S/C19H31N5O2/c1-2-3-8-22-18(25)7-13-24(15-14-23-11-5-4-6-12-23)19(26)17-16-20-9-10-21-17/h9-10,16H,2-8,11-15H2,1H3,(H,22,25). The third-order valence-corrected chi connectivity index (χ3v) is 4.67. The molecule has 2 heterocycles. The summed E-state index contributed by atoms with van der Waals surface area (Å²) in [6, 6.07) is 0. The van der Waals surface area contributed by atoms with E-state index < -0.39 is 0 Å². The summed E-state index contributed by atoms with van der Waals surface area (Å²) in [6.45, 7) is 6.81. The maximum atomic E-state index is 12.8. The lowest BCUT2D eigenvalue weighted by molar-refractivity contribution is -0.121. The van der Waals surface area contributed by atoms with Crippen LogP contribution in [-0.2, 0) is 4.79 Å². The van der Waals surface area contributed by atoms with Gasteiger partial charge in [0.1, 0.15) is 5.69 Å². The van der Waals surface area contributed by atoms with Gasteiger partial charge in [0.15, 0.2) is 0 Å². The molecule has 0 radical (unpaired) electrons. The number of hydrogen-bond acceptors (Lipinski definition) is 5. The van der Waals surface area contributed by atoms with Crippen molar-refractivity contribution >= 4 is 11.8 Å². The fraction of sp³-hybridized carbons (Fsp3) is 0.684. The molecule has 2 amide bonds. The highest BCUT2D eigenvalue weighted by molar-refractivity contribution is 5.92. The zero-order valence-electron chi connectivity index (χ0n) is 15.8. The Morgan fingerprint density at radius 2 is 2.00 bits per heavy atom. The lowest BCUT2D eigenvalue weighted by Crippen LogP contribution is -2.42. The van der Waals surface area contributed by atoms with E-state index in [9.17, 15) is 9.59 Å². The predicted octanol–water partition coefficient (Wildman–Crippen LogP) is 1.71. The van der Waals surface area contributed by atoms with Gasteiger partial charge in [0.25, 0.3) is 5.91 Å². The molecule has 0 unspecified atom stereocenters. The van der Waals surface area contributed by atoms with E-state index in [0.717, 1.165) is 32.5 Å². The van der Waals surface area contributed by atoms with Gasteiger partial charge in [0.2, 0.25) is 5.91 Å².